The third kappa shape index (κ3) is 3.57. The molecule has 5 heteroatoms. The lowest BCUT2D eigenvalue weighted by Crippen LogP contribution is -2.53. The standard InChI is InChI=1S/C15H21N3O2/c1-2-13(15(20)18-10-8-16-9-11-18)17-14(19)12-6-4-3-5-7-12/h3-7,13,16H,2,8-11H2,1H3,(H,17,19). The Bertz CT molecular complexity index is 455. The first kappa shape index (κ1) is 14.5. The second-order valence-electron chi connectivity index (χ2n) is 4.88. The third-order valence-corrected chi connectivity index (χ3v) is 3.48. The minimum Gasteiger partial charge on any atom is -0.340 e. The van der Waals surface area contributed by atoms with Gasteiger partial charge in [0.1, 0.15) is 6.04 Å². The van der Waals surface area contributed by atoms with E-state index in [1.807, 2.05) is 30.0 Å². The molecule has 2 amide bonds. The van der Waals surface area contributed by atoms with Gasteiger partial charge in [-0.15, -0.1) is 0 Å². The summed E-state index contributed by atoms with van der Waals surface area (Å²) in [6.07, 6.45) is 0.599. The average molecular weight is 275 g/mol. The van der Waals surface area contributed by atoms with Gasteiger partial charge in [-0.05, 0) is 18.6 Å². The van der Waals surface area contributed by atoms with Gasteiger partial charge in [-0.3, -0.25) is 9.59 Å². The normalized spacial score (nSPS) is 16.6. The maximum Gasteiger partial charge on any atom is 0.251 e. The molecule has 0 spiro atoms. The van der Waals surface area contributed by atoms with E-state index in [2.05, 4.69) is 10.6 Å². The first-order valence-electron chi connectivity index (χ1n) is 7.07. The second kappa shape index (κ2) is 7.05. The first-order valence-corrected chi connectivity index (χ1v) is 7.07. The monoisotopic (exact) mass is 275 g/mol. The van der Waals surface area contributed by atoms with Gasteiger partial charge in [-0.2, -0.15) is 0 Å². The molecule has 0 aliphatic carbocycles. The zero-order valence-corrected chi connectivity index (χ0v) is 11.8. The topological polar surface area (TPSA) is 61.4 Å². The predicted molar refractivity (Wildman–Crippen MR) is 77.4 cm³/mol. The Kier molecular flexibility index (Phi) is 5.12. The summed E-state index contributed by atoms with van der Waals surface area (Å²) in [6, 6.07) is 8.54. The van der Waals surface area contributed by atoms with E-state index < -0.39 is 6.04 Å². The van der Waals surface area contributed by atoms with E-state index in [-0.39, 0.29) is 11.8 Å². The number of benzene rings is 1. The zero-order chi connectivity index (χ0) is 14.4. The Balaban J connectivity index is 1.97. The number of amides is 2. The summed E-state index contributed by atoms with van der Waals surface area (Å²) in [7, 11) is 0. The van der Waals surface area contributed by atoms with E-state index in [1.165, 1.54) is 0 Å². The van der Waals surface area contributed by atoms with Gasteiger partial charge in [0, 0.05) is 31.7 Å². The van der Waals surface area contributed by atoms with E-state index in [0.717, 1.165) is 13.1 Å². The number of piperazine rings is 1. The van der Waals surface area contributed by atoms with Crippen LogP contribution < -0.4 is 10.6 Å². The van der Waals surface area contributed by atoms with Crippen LogP contribution in [0.15, 0.2) is 30.3 Å². The SMILES string of the molecule is CCC(NC(=O)c1ccccc1)C(=O)N1CCNCC1. The molecule has 108 valence electrons. The van der Waals surface area contributed by atoms with Crippen LogP contribution in [-0.4, -0.2) is 48.9 Å². The molecule has 5 nitrogen and oxygen atoms in total. The molecule has 20 heavy (non-hydrogen) atoms. The van der Waals surface area contributed by atoms with E-state index in [0.29, 0.717) is 25.1 Å². The van der Waals surface area contributed by atoms with Crippen LogP contribution in [0.5, 0.6) is 0 Å². The van der Waals surface area contributed by atoms with Crippen LogP contribution >= 0.6 is 0 Å². The highest BCUT2D eigenvalue weighted by molar-refractivity contribution is 5.97. The Morgan fingerprint density at radius 1 is 1.25 bits per heavy atom. The first-order chi connectivity index (χ1) is 9.72. The molecule has 1 heterocycles. The van der Waals surface area contributed by atoms with Crippen molar-refractivity contribution in [3.63, 3.8) is 0 Å². The Hall–Kier alpha value is -1.88. The third-order valence-electron chi connectivity index (χ3n) is 3.48. The summed E-state index contributed by atoms with van der Waals surface area (Å²) in [5, 5.41) is 6.04. The minimum absolute atomic E-state index is 0.0123. The molecule has 1 aromatic carbocycles. The van der Waals surface area contributed by atoms with E-state index >= 15 is 0 Å². The summed E-state index contributed by atoms with van der Waals surface area (Å²) >= 11 is 0. The lowest BCUT2D eigenvalue weighted by molar-refractivity contribution is -0.133. The summed E-state index contributed by atoms with van der Waals surface area (Å²) < 4.78 is 0. The number of nitrogens with zero attached hydrogens (tertiary/aromatic N) is 1. The number of carbonyl (C=O) groups excluding carboxylic acids is 2. The molecular formula is C15H21N3O2. The van der Waals surface area contributed by atoms with Gasteiger partial charge < -0.3 is 15.5 Å². The predicted octanol–water partition coefficient (Wildman–Crippen LogP) is 0.627. The highest BCUT2D eigenvalue weighted by Crippen LogP contribution is 2.04. The zero-order valence-electron chi connectivity index (χ0n) is 11.8. The summed E-state index contributed by atoms with van der Waals surface area (Å²) in [6.45, 7) is 4.95. The van der Waals surface area contributed by atoms with Crippen LogP contribution in [0.4, 0.5) is 0 Å². The number of carbonyl (C=O) groups is 2. The summed E-state index contributed by atoms with van der Waals surface area (Å²) in [5.41, 5.74) is 0.582. The van der Waals surface area contributed by atoms with Gasteiger partial charge >= 0.3 is 0 Å². The Morgan fingerprint density at radius 3 is 2.50 bits per heavy atom. The van der Waals surface area contributed by atoms with Crippen LogP contribution in [0, 0.1) is 0 Å². The number of hydrogen-bond acceptors (Lipinski definition) is 3. The largest absolute Gasteiger partial charge is 0.340 e. The maximum atomic E-state index is 12.4. The van der Waals surface area contributed by atoms with Crippen molar-refractivity contribution < 1.29 is 9.59 Å². The molecule has 1 saturated heterocycles. The van der Waals surface area contributed by atoms with Gasteiger partial charge in [0.25, 0.3) is 5.91 Å². The van der Waals surface area contributed by atoms with Crippen LogP contribution in [0.3, 0.4) is 0 Å². The molecule has 0 bridgehead atoms. The molecular weight excluding hydrogens is 254 g/mol. The molecule has 0 aromatic heterocycles. The lowest BCUT2D eigenvalue weighted by atomic mass is 10.1. The van der Waals surface area contributed by atoms with Crippen molar-refractivity contribution in [3.05, 3.63) is 35.9 Å². The molecule has 1 unspecified atom stereocenters. The molecule has 2 rings (SSSR count). The van der Waals surface area contributed by atoms with Crippen LogP contribution in [0.25, 0.3) is 0 Å². The van der Waals surface area contributed by atoms with Crippen LogP contribution in [-0.2, 0) is 4.79 Å². The quantitative estimate of drug-likeness (QED) is 0.847. The van der Waals surface area contributed by atoms with Crippen molar-refractivity contribution in [1.82, 2.24) is 15.5 Å². The molecule has 1 fully saturated rings. The van der Waals surface area contributed by atoms with Crippen molar-refractivity contribution in [2.24, 2.45) is 0 Å². The van der Waals surface area contributed by atoms with Gasteiger partial charge in [0.15, 0.2) is 0 Å². The van der Waals surface area contributed by atoms with Crippen molar-refractivity contribution in [2.45, 2.75) is 19.4 Å². The van der Waals surface area contributed by atoms with E-state index in [9.17, 15) is 9.59 Å². The number of nitrogens with one attached hydrogen (secondary N) is 2. The number of hydrogen-bond donors (Lipinski definition) is 2. The van der Waals surface area contributed by atoms with Crippen LogP contribution in [0.2, 0.25) is 0 Å². The summed E-state index contributed by atoms with van der Waals surface area (Å²) in [5.74, 6) is -0.181. The van der Waals surface area contributed by atoms with Crippen molar-refractivity contribution in [2.75, 3.05) is 26.2 Å². The fourth-order valence-corrected chi connectivity index (χ4v) is 2.28. The smallest absolute Gasteiger partial charge is 0.251 e. The second-order valence-corrected chi connectivity index (χ2v) is 4.88. The highest BCUT2D eigenvalue weighted by atomic mass is 16.2. The fourth-order valence-electron chi connectivity index (χ4n) is 2.28. The highest BCUT2D eigenvalue weighted by Gasteiger charge is 2.25. The number of rotatable bonds is 4. The lowest BCUT2D eigenvalue weighted by Gasteiger charge is -2.30. The van der Waals surface area contributed by atoms with Crippen molar-refractivity contribution in [3.8, 4) is 0 Å². The van der Waals surface area contributed by atoms with Crippen molar-refractivity contribution in [1.29, 1.82) is 0 Å². The van der Waals surface area contributed by atoms with Crippen molar-refractivity contribution >= 4 is 11.8 Å². The fraction of sp³-hybridized carbons (Fsp3) is 0.467. The molecule has 1 aliphatic heterocycles. The minimum atomic E-state index is -0.444. The Labute approximate surface area is 119 Å². The van der Waals surface area contributed by atoms with Gasteiger partial charge in [-0.25, -0.2) is 0 Å². The average Bonchev–Trinajstić information content (AvgIpc) is 2.53. The molecule has 1 atom stereocenters. The summed E-state index contributed by atoms with van der Waals surface area (Å²) in [4.78, 5) is 26.3. The molecule has 0 saturated carbocycles. The van der Waals surface area contributed by atoms with Gasteiger partial charge in [0.05, 0.1) is 0 Å². The van der Waals surface area contributed by atoms with E-state index in [4.69, 9.17) is 0 Å². The maximum absolute atomic E-state index is 12.4. The van der Waals surface area contributed by atoms with E-state index in [1.54, 1.807) is 12.1 Å². The molecule has 0 radical (unpaired) electrons. The molecule has 1 aromatic rings. The molecule has 1 aliphatic rings. The Morgan fingerprint density at radius 2 is 1.90 bits per heavy atom. The van der Waals surface area contributed by atoms with Crippen LogP contribution in [0.1, 0.15) is 23.7 Å². The van der Waals surface area contributed by atoms with Gasteiger partial charge in [-0.1, -0.05) is 25.1 Å². The molecule has 2 N–H and O–H groups in total. The van der Waals surface area contributed by atoms with Gasteiger partial charge in [0.2, 0.25) is 5.91 Å².